The molecule has 1 saturated heterocycles. The molecule has 0 radical (unpaired) electrons. The lowest BCUT2D eigenvalue weighted by Gasteiger charge is -2.11. The molecule has 2 unspecified atom stereocenters. The van der Waals surface area contributed by atoms with Crippen LogP contribution in [0.25, 0.3) is 0 Å². The minimum atomic E-state index is 0.563. The van der Waals surface area contributed by atoms with Gasteiger partial charge in [-0.05, 0) is 41.6 Å². The van der Waals surface area contributed by atoms with Gasteiger partial charge in [-0.3, -0.25) is 0 Å². The predicted octanol–water partition coefficient (Wildman–Crippen LogP) is 6.24. The Kier molecular flexibility index (Phi) is 5.89. The summed E-state index contributed by atoms with van der Waals surface area (Å²) in [6, 6.07) is 17.2. The van der Waals surface area contributed by atoms with Crippen LogP contribution in [0.15, 0.2) is 53.4 Å². The smallest absolute Gasteiger partial charge is 0.119 e. The van der Waals surface area contributed by atoms with E-state index in [0.29, 0.717) is 11.2 Å². The fourth-order valence-corrected chi connectivity index (χ4v) is 6.36. The molecular weight excluding hydrogens is 340 g/mol. The number of rotatable bonds is 5. The zero-order chi connectivity index (χ0) is 16.2. The van der Waals surface area contributed by atoms with Crippen molar-refractivity contribution in [1.82, 2.24) is 0 Å². The molecule has 0 aliphatic carbocycles. The Labute approximate surface area is 152 Å². The molecule has 1 heterocycles. The van der Waals surface area contributed by atoms with Gasteiger partial charge in [0.15, 0.2) is 0 Å². The molecule has 1 aliphatic heterocycles. The van der Waals surface area contributed by atoms with E-state index in [0.717, 1.165) is 16.2 Å². The Morgan fingerprint density at radius 2 is 1.52 bits per heavy atom. The number of benzene rings is 2. The van der Waals surface area contributed by atoms with E-state index >= 15 is 0 Å². The number of hydrogen-bond donors (Lipinski definition) is 0. The highest BCUT2D eigenvalue weighted by Gasteiger charge is 2.30. The Morgan fingerprint density at radius 1 is 0.913 bits per heavy atom. The number of thioether (sulfide) groups is 3. The fraction of sp³-hybridized carbons (Fsp3) is 0.368. The molecule has 2 aromatic carbocycles. The van der Waals surface area contributed by atoms with Gasteiger partial charge in [0, 0.05) is 15.4 Å². The Morgan fingerprint density at radius 3 is 2.09 bits per heavy atom. The zero-order valence-electron chi connectivity index (χ0n) is 13.7. The van der Waals surface area contributed by atoms with Crippen molar-refractivity contribution in [1.29, 1.82) is 0 Å². The molecule has 1 aliphatic rings. The average Bonchev–Trinajstić information content (AvgIpc) is 2.93. The van der Waals surface area contributed by atoms with E-state index in [9.17, 15) is 0 Å². The third-order valence-electron chi connectivity index (χ3n) is 4.05. The van der Waals surface area contributed by atoms with Crippen LogP contribution in [-0.4, -0.2) is 16.8 Å². The summed E-state index contributed by atoms with van der Waals surface area (Å²) in [5.41, 5.74) is 2.60. The molecule has 0 spiro atoms. The Bertz CT molecular complexity index is 614. The quantitative estimate of drug-likeness (QED) is 0.582. The Balaban J connectivity index is 1.57. The summed E-state index contributed by atoms with van der Waals surface area (Å²) in [4.78, 5) is 1.29. The van der Waals surface area contributed by atoms with Crippen LogP contribution in [0.5, 0.6) is 5.75 Å². The van der Waals surface area contributed by atoms with Crippen molar-refractivity contribution in [2.45, 2.75) is 40.4 Å². The third kappa shape index (κ3) is 4.43. The zero-order valence-corrected chi connectivity index (χ0v) is 16.1. The van der Waals surface area contributed by atoms with Crippen molar-refractivity contribution >= 4 is 35.3 Å². The predicted molar refractivity (Wildman–Crippen MR) is 106 cm³/mol. The SMILES string of the molecule is CSc1ccc(COc2ccc(C3SC(C)C(C)S3)cc2)cc1. The lowest BCUT2D eigenvalue weighted by Crippen LogP contribution is -2.04. The van der Waals surface area contributed by atoms with Gasteiger partial charge in [0.05, 0.1) is 4.58 Å². The van der Waals surface area contributed by atoms with Gasteiger partial charge in [-0.1, -0.05) is 38.1 Å². The van der Waals surface area contributed by atoms with Gasteiger partial charge in [0.1, 0.15) is 12.4 Å². The average molecular weight is 363 g/mol. The van der Waals surface area contributed by atoms with E-state index in [-0.39, 0.29) is 0 Å². The minimum Gasteiger partial charge on any atom is -0.489 e. The van der Waals surface area contributed by atoms with E-state index < -0.39 is 0 Å². The van der Waals surface area contributed by atoms with E-state index in [1.807, 2.05) is 0 Å². The molecule has 0 amide bonds. The van der Waals surface area contributed by atoms with E-state index in [1.54, 1.807) is 11.8 Å². The topological polar surface area (TPSA) is 9.23 Å². The molecule has 0 bridgehead atoms. The maximum atomic E-state index is 5.91. The van der Waals surface area contributed by atoms with Crippen molar-refractivity contribution < 1.29 is 4.74 Å². The van der Waals surface area contributed by atoms with E-state index in [2.05, 4.69) is 92.2 Å². The van der Waals surface area contributed by atoms with Gasteiger partial charge < -0.3 is 4.74 Å². The van der Waals surface area contributed by atoms with Crippen LogP contribution in [0.4, 0.5) is 0 Å². The summed E-state index contributed by atoms with van der Waals surface area (Å²) < 4.78 is 6.47. The lowest BCUT2D eigenvalue weighted by molar-refractivity contribution is 0.306. The highest BCUT2D eigenvalue weighted by molar-refractivity contribution is 8.20. The first-order valence-corrected chi connectivity index (χ1v) is 10.9. The molecule has 2 atom stereocenters. The highest BCUT2D eigenvalue weighted by Crippen LogP contribution is 2.53. The molecule has 4 heteroatoms. The van der Waals surface area contributed by atoms with Gasteiger partial charge in [-0.2, -0.15) is 0 Å². The normalized spacial score (nSPS) is 23.9. The van der Waals surface area contributed by atoms with Gasteiger partial charge in [-0.25, -0.2) is 0 Å². The monoisotopic (exact) mass is 362 g/mol. The first kappa shape index (κ1) is 17.1. The van der Waals surface area contributed by atoms with Crippen molar-refractivity contribution in [3.05, 3.63) is 59.7 Å². The molecule has 23 heavy (non-hydrogen) atoms. The van der Waals surface area contributed by atoms with Gasteiger partial charge in [-0.15, -0.1) is 35.3 Å². The highest BCUT2D eigenvalue weighted by atomic mass is 32.2. The summed E-state index contributed by atoms with van der Waals surface area (Å²) in [7, 11) is 0. The maximum absolute atomic E-state index is 5.91. The van der Waals surface area contributed by atoms with Gasteiger partial charge >= 0.3 is 0 Å². The maximum Gasteiger partial charge on any atom is 0.119 e. The summed E-state index contributed by atoms with van der Waals surface area (Å²) in [6.45, 7) is 5.26. The molecule has 0 N–H and O–H groups in total. The lowest BCUT2D eigenvalue weighted by atomic mass is 10.2. The number of hydrogen-bond acceptors (Lipinski definition) is 4. The van der Waals surface area contributed by atoms with E-state index in [1.165, 1.54) is 16.0 Å². The second-order valence-corrected chi connectivity index (χ2v) is 9.87. The summed E-state index contributed by atoms with van der Waals surface area (Å²) in [5.74, 6) is 0.941. The molecule has 2 aromatic rings. The minimum absolute atomic E-state index is 0.563. The Hall–Kier alpha value is -0.710. The molecule has 122 valence electrons. The molecule has 0 saturated carbocycles. The van der Waals surface area contributed by atoms with E-state index in [4.69, 9.17) is 4.74 Å². The van der Waals surface area contributed by atoms with Crippen molar-refractivity contribution in [2.24, 2.45) is 0 Å². The summed E-state index contributed by atoms with van der Waals surface area (Å²) in [6.07, 6.45) is 2.09. The third-order valence-corrected chi connectivity index (χ3v) is 8.35. The van der Waals surface area contributed by atoms with Crippen LogP contribution >= 0.6 is 35.3 Å². The standard InChI is InChI=1S/C19H22OS3/c1-13-14(2)23-19(22-13)16-6-8-17(9-7-16)20-12-15-4-10-18(21-3)11-5-15/h4-11,13-14,19H,12H2,1-3H3. The first-order valence-electron chi connectivity index (χ1n) is 7.82. The fourth-order valence-electron chi connectivity index (χ4n) is 2.41. The summed E-state index contributed by atoms with van der Waals surface area (Å²) in [5, 5.41) is 1.45. The van der Waals surface area contributed by atoms with Crippen molar-refractivity contribution in [3.8, 4) is 5.75 Å². The van der Waals surface area contributed by atoms with Crippen molar-refractivity contribution in [2.75, 3.05) is 6.26 Å². The molecule has 3 rings (SSSR count). The van der Waals surface area contributed by atoms with Gasteiger partial charge in [0.25, 0.3) is 0 Å². The van der Waals surface area contributed by atoms with Crippen LogP contribution < -0.4 is 4.74 Å². The van der Waals surface area contributed by atoms with Crippen LogP contribution in [0, 0.1) is 0 Å². The van der Waals surface area contributed by atoms with Crippen LogP contribution in [0.2, 0.25) is 0 Å². The summed E-state index contributed by atoms with van der Waals surface area (Å²) >= 11 is 5.89. The largest absolute Gasteiger partial charge is 0.489 e. The van der Waals surface area contributed by atoms with Crippen LogP contribution in [0.3, 0.4) is 0 Å². The molecular formula is C19H22OS3. The molecule has 1 fully saturated rings. The van der Waals surface area contributed by atoms with Crippen LogP contribution in [0.1, 0.15) is 29.6 Å². The first-order chi connectivity index (χ1) is 11.2. The molecule has 1 nitrogen and oxygen atoms in total. The van der Waals surface area contributed by atoms with Crippen molar-refractivity contribution in [3.63, 3.8) is 0 Å². The van der Waals surface area contributed by atoms with Crippen LogP contribution in [-0.2, 0) is 6.61 Å². The molecule has 0 aromatic heterocycles. The van der Waals surface area contributed by atoms with Gasteiger partial charge in [0.2, 0.25) is 0 Å². The second-order valence-electron chi connectivity index (χ2n) is 5.72. The number of ether oxygens (including phenoxy) is 1. The second kappa shape index (κ2) is 7.91.